The van der Waals surface area contributed by atoms with Gasteiger partial charge >= 0.3 is 0 Å². The van der Waals surface area contributed by atoms with Gasteiger partial charge in [-0.25, -0.2) is 9.97 Å². The lowest BCUT2D eigenvalue weighted by molar-refractivity contribution is 0.361. The minimum Gasteiger partial charge on any atom is -0.337 e. The fourth-order valence-corrected chi connectivity index (χ4v) is 1.07. The normalized spacial score (nSPS) is 12.7. The summed E-state index contributed by atoms with van der Waals surface area (Å²) in [5, 5.41) is 3.76. The molecule has 0 aliphatic rings. The first-order chi connectivity index (χ1) is 7.16. The molecule has 0 aliphatic carbocycles. The lowest BCUT2D eigenvalue weighted by Gasteiger charge is -1.94. The van der Waals surface area contributed by atoms with Crippen LogP contribution < -0.4 is 5.73 Å². The van der Waals surface area contributed by atoms with Gasteiger partial charge in [-0.15, -0.1) is 0 Å². The van der Waals surface area contributed by atoms with Crippen molar-refractivity contribution < 1.29 is 4.52 Å². The monoisotopic (exact) mass is 205 g/mol. The summed E-state index contributed by atoms with van der Waals surface area (Å²) in [4.78, 5) is 12.3. The second-order valence-electron chi connectivity index (χ2n) is 3.27. The maximum atomic E-state index is 5.60. The average Bonchev–Trinajstić information content (AvgIpc) is 2.66. The fraction of sp³-hybridized carbons (Fsp3) is 0.333. The van der Waals surface area contributed by atoms with E-state index < -0.39 is 0 Å². The van der Waals surface area contributed by atoms with Crippen molar-refractivity contribution in [2.45, 2.75) is 19.9 Å². The Kier molecular flexibility index (Phi) is 2.42. The first-order valence-corrected chi connectivity index (χ1v) is 4.56. The van der Waals surface area contributed by atoms with E-state index in [0.717, 1.165) is 5.69 Å². The van der Waals surface area contributed by atoms with Crippen LogP contribution in [0.1, 0.15) is 24.6 Å². The van der Waals surface area contributed by atoms with Crippen LogP contribution in [0.25, 0.3) is 11.6 Å². The Morgan fingerprint density at radius 2 is 2.13 bits per heavy atom. The Morgan fingerprint density at radius 1 is 1.33 bits per heavy atom. The quantitative estimate of drug-likeness (QED) is 0.781. The van der Waals surface area contributed by atoms with E-state index in [4.69, 9.17) is 10.3 Å². The van der Waals surface area contributed by atoms with Crippen LogP contribution in [0.15, 0.2) is 16.8 Å². The minimum absolute atomic E-state index is 0.281. The molecule has 2 N–H and O–H groups in total. The van der Waals surface area contributed by atoms with Gasteiger partial charge in [-0.1, -0.05) is 5.16 Å². The van der Waals surface area contributed by atoms with E-state index in [-0.39, 0.29) is 6.04 Å². The van der Waals surface area contributed by atoms with Gasteiger partial charge in [0.05, 0.1) is 6.04 Å². The molecule has 0 spiro atoms. The molecular formula is C9H11N5O. The van der Waals surface area contributed by atoms with Crippen LogP contribution in [0.2, 0.25) is 0 Å². The first-order valence-electron chi connectivity index (χ1n) is 4.56. The molecule has 2 heterocycles. The van der Waals surface area contributed by atoms with Crippen molar-refractivity contribution in [3.63, 3.8) is 0 Å². The summed E-state index contributed by atoms with van der Waals surface area (Å²) >= 11 is 0. The molecule has 2 aromatic rings. The zero-order valence-corrected chi connectivity index (χ0v) is 8.51. The number of hydrogen-bond acceptors (Lipinski definition) is 6. The lowest BCUT2D eigenvalue weighted by Crippen LogP contribution is -2.05. The molecular weight excluding hydrogens is 194 g/mol. The van der Waals surface area contributed by atoms with Crippen molar-refractivity contribution in [2.75, 3.05) is 0 Å². The van der Waals surface area contributed by atoms with Gasteiger partial charge < -0.3 is 10.3 Å². The third-order valence-corrected chi connectivity index (χ3v) is 1.83. The molecule has 0 aliphatic heterocycles. The van der Waals surface area contributed by atoms with E-state index in [2.05, 4.69) is 20.1 Å². The van der Waals surface area contributed by atoms with Crippen molar-refractivity contribution in [1.82, 2.24) is 20.1 Å². The fourth-order valence-electron chi connectivity index (χ4n) is 1.07. The average molecular weight is 205 g/mol. The summed E-state index contributed by atoms with van der Waals surface area (Å²) in [5.41, 5.74) is 6.45. The molecule has 0 fully saturated rings. The van der Waals surface area contributed by atoms with E-state index in [1.807, 2.05) is 6.92 Å². The highest BCUT2D eigenvalue weighted by atomic mass is 16.5. The third kappa shape index (κ3) is 1.99. The van der Waals surface area contributed by atoms with Gasteiger partial charge in [0.15, 0.2) is 0 Å². The maximum Gasteiger partial charge on any atom is 0.243 e. The summed E-state index contributed by atoms with van der Waals surface area (Å²) < 4.78 is 4.95. The molecule has 15 heavy (non-hydrogen) atoms. The Morgan fingerprint density at radius 3 is 2.73 bits per heavy atom. The van der Waals surface area contributed by atoms with Gasteiger partial charge in [-0.2, -0.15) is 4.98 Å². The predicted molar refractivity (Wildman–Crippen MR) is 52.7 cm³/mol. The van der Waals surface area contributed by atoms with Gasteiger partial charge in [0, 0.05) is 11.9 Å². The molecule has 2 aromatic heterocycles. The van der Waals surface area contributed by atoms with Crippen molar-refractivity contribution in [2.24, 2.45) is 5.73 Å². The van der Waals surface area contributed by atoms with Crippen molar-refractivity contribution in [3.05, 3.63) is 23.8 Å². The molecule has 6 nitrogen and oxygen atoms in total. The molecule has 6 heteroatoms. The molecule has 78 valence electrons. The van der Waals surface area contributed by atoms with E-state index in [1.54, 1.807) is 19.2 Å². The number of aryl methyl sites for hydroxylation is 1. The number of rotatable bonds is 2. The summed E-state index contributed by atoms with van der Waals surface area (Å²) in [6.07, 6.45) is 1.65. The topological polar surface area (TPSA) is 90.7 Å². The van der Waals surface area contributed by atoms with Crippen molar-refractivity contribution in [1.29, 1.82) is 0 Å². The zero-order valence-electron chi connectivity index (χ0n) is 8.51. The molecule has 0 saturated carbocycles. The maximum absolute atomic E-state index is 5.60. The largest absolute Gasteiger partial charge is 0.337 e. The second kappa shape index (κ2) is 3.74. The van der Waals surface area contributed by atoms with Crippen LogP contribution >= 0.6 is 0 Å². The van der Waals surface area contributed by atoms with Gasteiger partial charge in [0.25, 0.3) is 0 Å². The van der Waals surface area contributed by atoms with Crippen LogP contribution in [0.3, 0.4) is 0 Å². The first kappa shape index (κ1) is 9.72. The highest BCUT2D eigenvalue weighted by Crippen LogP contribution is 2.13. The Bertz CT molecular complexity index is 465. The molecule has 0 amide bonds. The van der Waals surface area contributed by atoms with Crippen LogP contribution in [-0.4, -0.2) is 20.1 Å². The molecule has 0 aromatic carbocycles. The molecule has 0 unspecified atom stereocenters. The summed E-state index contributed by atoms with van der Waals surface area (Å²) in [6.45, 7) is 3.64. The number of nitrogens with zero attached hydrogens (tertiary/aromatic N) is 4. The Labute approximate surface area is 86.5 Å². The highest BCUT2D eigenvalue weighted by molar-refractivity contribution is 5.41. The molecule has 0 radical (unpaired) electrons. The lowest BCUT2D eigenvalue weighted by atomic mass is 10.4. The summed E-state index contributed by atoms with van der Waals surface area (Å²) in [7, 11) is 0. The molecule has 0 saturated heterocycles. The molecule has 2 rings (SSSR count). The van der Waals surface area contributed by atoms with Crippen molar-refractivity contribution >= 4 is 0 Å². The summed E-state index contributed by atoms with van der Waals surface area (Å²) in [6, 6.07) is 1.52. The van der Waals surface area contributed by atoms with E-state index in [0.29, 0.717) is 17.5 Å². The van der Waals surface area contributed by atoms with E-state index in [9.17, 15) is 0 Å². The number of hydrogen-bond donors (Lipinski definition) is 1. The second-order valence-corrected chi connectivity index (χ2v) is 3.27. The third-order valence-electron chi connectivity index (χ3n) is 1.83. The minimum atomic E-state index is -0.281. The van der Waals surface area contributed by atoms with Crippen LogP contribution in [0.4, 0.5) is 0 Å². The van der Waals surface area contributed by atoms with Gasteiger partial charge in [-0.3, -0.25) is 0 Å². The van der Waals surface area contributed by atoms with Crippen molar-refractivity contribution in [3.8, 4) is 11.6 Å². The number of aromatic nitrogens is 4. The van der Waals surface area contributed by atoms with Gasteiger partial charge in [0.1, 0.15) is 0 Å². The standard InChI is InChI=1S/C9H11N5O/c1-5-3-4-11-7(12-5)8-13-9(6(2)10)15-14-8/h3-4,6H,10H2,1-2H3/t6-/m0/s1. The predicted octanol–water partition coefficient (Wildman–Crippen LogP) is 0.855. The van der Waals surface area contributed by atoms with E-state index >= 15 is 0 Å². The molecule has 1 atom stereocenters. The van der Waals surface area contributed by atoms with Crippen LogP contribution in [-0.2, 0) is 0 Å². The Balaban J connectivity index is 2.37. The van der Waals surface area contributed by atoms with Crippen LogP contribution in [0.5, 0.6) is 0 Å². The smallest absolute Gasteiger partial charge is 0.243 e. The van der Waals surface area contributed by atoms with Gasteiger partial charge in [-0.05, 0) is 19.9 Å². The molecule has 0 bridgehead atoms. The van der Waals surface area contributed by atoms with E-state index in [1.165, 1.54) is 0 Å². The summed E-state index contributed by atoms with van der Waals surface area (Å²) in [5.74, 6) is 1.20. The van der Waals surface area contributed by atoms with Gasteiger partial charge in [0.2, 0.25) is 17.5 Å². The Hall–Kier alpha value is -1.82. The zero-order chi connectivity index (χ0) is 10.8. The van der Waals surface area contributed by atoms with Crippen LogP contribution in [0, 0.1) is 6.92 Å². The SMILES string of the molecule is Cc1ccnc(-c2noc([C@H](C)N)n2)n1. The highest BCUT2D eigenvalue weighted by Gasteiger charge is 2.13. The number of nitrogens with two attached hydrogens (primary N) is 1.